The van der Waals surface area contributed by atoms with Gasteiger partial charge in [-0.25, -0.2) is 0 Å². The molecule has 1 N–H and O–H groups in total. The van der Waals surface area contributed by atoms with Gasteiger partial charge in [0.15, 0.2) is 0 Å². The number of amides is 3. The first-order valence-electron chi connectivity index (χ1n) is 10.2. The maximum absolute atomic E-state index is 13.7. The summed E-state index contributed by atoms with van der Waals surface area (Å²) in [6, 6.07) is 11.0. The predicted octanol–water partition coefficient (Wildman–Crippen LogP) is 4.87. The lowest BCUT2D eigenvalue weighted by Crippen LogP contribution is -2.35. The van der Waals surface area contributed by atoms with Crippen LogP contribution in [-0.4, -0.2) is 24.3 Å². The highest BCUT2D eigenvalue weighted by atomic mass is 16.2. The SMILES string of the molecule is CCCN(C(=O)c1cccc2c1C(=O)NC2=O)c1c(C(C)C)cccc1C(C)C. The van der Waals surface area contributed by atoms with Gasteiger partial charge in [0, 0.05) is 6.54 Å². The number of anilines is 1. The molecular weight excluding hydrogens is 364 g/mol. The van der Waals surface area contributed by atoms with Gasteiger partial charge in [-0.05, 0) is 41.5 Å². The lowest BCUT2D eigenvalue weighted by atomic mass is 9.91. The van der Waals surface area contributed by atoms with Gasteiger partial charge in [-0.3, -0.25) is 19.7 Å². The van der Waals surface area contributed by atoms with Crippen LogP contribution in [0.3, 0.4) is 0 Å². The summed E-state index contributed by atoms with van der Waals surface area (Å²) in [4.78, 5) is 39.9. The minimum absolute atomic E-state index is 0.178. The van der Waals surface area contributed by atoms with E-state index in [4.69, 9.17) is 0 Å². The molecule has 0 aliphatic carbocycles. The zero-order valence-corrected chi connectivity index (χ0v) is 17.7. The van der Waals surface area contributed by atoms with Gasteiger partial charge in [-0.1, -0.05) is 58.9 Å². The Balaban J connectivity index is 2.21. The number of carbonyl (C=O) groups excluding carboxylic acids is 3. The van der Waals surface area contributed by atoms with E-state index in [1.807, 2.05) is 13.0 Å². The maximum atomic E-state index is 13.7. The molecule has 5 nitrogen and oxygen atoms in total. The van der Waals surface area contributed by atoms with Crippen molar-refractivity contribution < 1.29 is 14.4 Å². The Labute approximate surface area is 172 Å². The normalized spacial score (nSPS) is 13.1. The number of nitrogens with one attached hydrogen (secondary N) is 1. The minimum atomic E-state index is -0.508. The highest BCUT2D eigenvalue weighted by Crippen LogP contribution is 2.37. The molecule has 1 heterocycles. The van der Waals surface area contributed by atoms with Crippen molar-refractivity contribution in [3.8, 4) is 0 Å². The first-order chi connectivity index (χ1) is 13.8. The fourth-order valence-electron chi connectivity index (χ4n) is 3.90. The van der Waals surface area contributed by atoms with Gasteiger partial charge in [0.1, 0.15) is 0 Å². The van der Waals surface area contributed by atoms with Gasteiger partial charge in [0.25, 0.3) is 17.7 Å². The molecule has 5 heteroatoms. The smallest absolute Gasteiger partial charge is 0.259 e. The van der Waals surface area contributed by atoms with Gasteiger partial charge in [-0.2, -0.15) is 0 Å². The van der Waals surface area contributed by atoms with Crippen molar-refractivity contribution in [3.05, 3.63) is 64.2 Å². The van der Waals surface area contributed by atoms with Crippen molar-refractivity contribution in [2.24, 2.45) is 0 Å². The summed E-state index contributed by atoms with van der Waals surface area (Å²) in [6.45, 7) is 11.0. The standard InChI is InChI=1S/C24H28N2O3/c1-6-13-26(21-16(14(2)3)9-7-10-17(21)15(4)5)24(29)19-12-8-11-18-20(19)23(28)25-22(18)27/h7-12,14-15H,6,13H2,1-5H3,(H,25,27,28). The zero-order valence-electron chi connectivity index (χ0n) is 17.7. The summed E-state index contributed by atoms with van der Waals surface area (Å²) in [5.41, 5.74) is 3.84. The largest absolute Gasteiger partial charge is 0.308 e. The van der Waals surface area contributed by atoms with E-state index < -0.39 is 11.8 Å². The highest BCUT2D eigenvalue weighted by molar-refractivity contribution is 6.26. The maximum Gasteiger partial charge on any atom is 0.259 e. The van der Waals surface area contributed by atoms with Gasteiger partial charge >= 0.3 is 0 Å². The molecule has 0 fully saturated rings. The predicted molar refractivity (Wildman–Crippen MR) is 115 cm³/mol. The fraction of sp³-hybridized carbons (Fsp3) is 0.375. The van der Waals surface area contributed by atoms with Crippen LogP contribution in [0, 0.1) is 0 Å². The second kappa shape index (κ2) is 8.19. The van der Waals surface area contributed by atoms with E-state index in [0.29, 0.717) is 6.54 Å². The summed E-state index contributed by atoms with van der Waals surface area (Å²) in [6.07, 6.45) is 0.774. The first kappa shape index (κ1) is 20.8. The number of imide groups is 1. The van der Waals surface area contributed by atoms with Gasteiger partial charge < -0.3 is 4.90 Å². The third kappa shape index (κ3) is 3.69. The molecule has 0 spiro atoms. The zero-order chi connectivity index (χ0) is 21.3. The third-order valence-electron chi connectivity index (χ3n) is 5.30. The quantitative estimate of drug-likeness (QED) is 0.713. The molecule has 2 aromatic rings. The number of benzene rings is 2. The molecule has 0 unspecified atom stereocenters. The Kier molecular flexibility index (Phi) is 5.87. The Morgan fingerprint density at radius 1 is 0.931 bits per heavy atom. The van der Waals surface area contributed by atoms with Crippen LogP contribution < -0.4 is 10.2 Å². The monoisotopic (exact) mass is 392 g/mol. The number of rotatable bonds is 6. The van der Waals surface area contributed by atoms with Crippen molar-refractivity contribution in [3.63, 3.8) is 0 Å². The molecule has 0 aromatic heterocycles. The molecule has 152 valence electrons. The molecule has 0 saturated carbocycles. The average Bonchev–Trinajstić information content (AvgIpc) is 2.99. The van der Waals surface area contributed by atoms with Crippen LogP contribution >= 0.6 is 0 Å². The van der Waals surface area contributed by atoms with E-state index >= 15 is 0 Å². The third-order valence-corrected chi connectivity index (χ3v) is 5.30. The molecular formula is C24H28N2O3. The number of fused-ring (bicyclic) bond motifs is 1. The van der Waals surface area contributed by atoms with Crippen LogP contribution in [0.2, 0.25) is 0 Å². The number of carbonyl (C=O) groups is 3. The van der Waals surface area contributed by atoms with Crippen LogP contribution in [0.4, 0.5) is 5.69 Å². The summed E-state index contributed by atoms with van der Waals surface area (Å²) in [5, 5.41) is 2.30. The molecule has 1 aliphatic rings. The summed E-state index contributed by atoms with van der Waals surface area (Å²) in [5.74, 6) is -0.730. The van der Waals surface area contributed by atoms with Gasteiger partial charge in [0.2, 0.25) is 0 Å². The minimum Gasteiger partial charge on any atom is -0.308 e. The molecule has 0 saturated heterocycles. The first-order valence-corrected chi connectivity index (χ1v) is 10.2. The highest BCUT2D eigenvalue weighted by Gasteiger charge is 2.34. The van der Waals surface area contributed by atoms with Crippen LogP contribution in [0.25, 0.3) is 0 Å². The van der Waals surface area contributed by atoms with Crippen molar-refractivity contribution in [1.82, 2.24) is 5.32 Å². The number of hydrogen-bond donors (Lipinski definition) is 1. The summed E-state index contributed by atoms with van der Waals surface area (Å²) < 4.78 is 0. The molecule has 0 radical (unpaired) electrons. The Morgan fingerprint density at radius 3 is 2.07 bits per heavy atom. The molecule has 0 atom stereocenters. The van der Waals surface area contributed by atoms with E-state index in [1.54, 1.807) is 23.1 Å². The van der Waals surface area contributed by atoms with Crippen LogP contribution in [0.1, 0.15) is 95.1 Å². The molecule has 2 aromatic carbocycles. The fourth-order valence-corrected chi connectivity index (χ4v) is 3.90. The van der Waals surface area contributed by atoms with Crippen molar-refractivity contribution in [1.29, 1.82) is 0 Å². The van der Waals surface area contributed by atoms with Crippen LogP contribution in [0.5, 0.6) is 0 Å². The Bertz CT molecular complexity index is 950. The van der Waals surface area contributed by atoms with E-state index in [2.05, 4.69) is 45.1 Å². The number of nitrogens with zero attached hydrogens (tertiary/aromatic N) is 1. The second-order valence-electron chi connectivity index (χ2n) is 8.06. The lowest BCUT2D eigenvalue weighted by molar-refractivity contribution is 0.0874. The number of para-hydroxylation sites is 1. The Morgan fingerprint density at radius 2 is 1.52 bits per heavy atom. The van der Waals surface area contributed by atoms with Crippen molar-refractivity contribution in [2.45, 2.75) is 52.9 Å². The molecule has 29 heavy (non-hydrogen) atoms. The molecule has 1 aliphatic heterocycles. The van der Waals surface area contributed by atoms with E-state index in [1.165, 1.54) is 0 Å². The van der Waals surface area contributed by atoms with Crippen molar-refractivity contribution >= 4 is 23.4 Å². The van der Waals surface area contributed by atoms with E-state index in [-0.39, 0.29) is 34.4 Å². The molecule has 3 amide bonds. The average molecular weight is 392 g/mol. The summed E-state index contributed by atoms with van der Waals surface area (Å²) in [7, 11) is 0. The van der Waals surface area contributed by atoms with Crippen molar-refractivity contribution in [2.75, 3.05) is 11.4 Å². The Hall–Kier alpha value is -2.95. The van der Waals surface area contributed by atoms with Crippen LogP contribution in [0.15, 0.2) is 36.4 Å². The van der Waals surface area contributed by atoms with Crippen LogP contribution in [-0.2, 0) is 0 Å². The summed E-state index contributed by atoms with van der Waals surface area (Å²) >= 11 is 0. The van der Waals surface area contributed by atoms with Gasteiger partial charge in [-0.15, -0.1) is 0 Å². The van der Waals surface area contributed by atoms with E-state index in [9.17, 15) is 14.4 Å². The number of hydrogen-bond acceptors (Lipinski definition) is 3. The molecule has 0 bridgehead atoms. The lowest BCUT2D eigenvalue weighted by Gasteiger charge is -2.30. The van der Waals surface area contributed by atoms with E-state index in [0.717, 1.165) is 23.2 Å². The van der Waals surface area contributed by atoms with Gasteiger partial charge in [0.05, 0.1) is 22.4 Å². The second-order valence-corrected chi connectivity index (χ2v) is 8.06. The molecule has 3 rings (SSSR count). The topological polar surface area (TPSA) is 66.5 Å².